The molecule has 2 aromatic heterocycles. The first-order valence-electron chi connectivity index (χ1n) is 8.92. The average molecular weight is 420 g/mol. The first-order chi connectivity index (χ1) is 13.5. The van der Waals surface area contributed by atoms with E-state index >= 15 is 0 Å². The minimum atomic E-state index is -0.530. The number of hydrogen-bond donors (Lipinski definition) is 1. The van der Waals surface area contributed by atoms with Crippen LogP contribution in [-0.2, 0) is 6.54 Å². The van der Waals surface area contributed by atoms with Gasteiger partial charge < -0.3 is 14.8 Å². The largest absolute Gasteiger partial charge is 0.367 e. The molecule has 0 spiro atoms. The molecular formula is C18H18ClN5O3S. The summed E-state index contributed by atoms with van der Waals surface area (Å²) < 4.78 is 5.19. The fourth-order valence-electron chi connectivity index (χ4n) is 3.38. The van der Waals surface area contributed by atoms with E-state index in [-0.39, 0.29) is 23.5 Å². The van der Waals surface area contributed by atoms with E-state index < -0.39 is 11.2 Å². The highest BCUT2D eigenvalue weighted by molar-refractivity contribution is 7.09. The molecule has 1 amide bonds. The molecule has 0 radical (unpaired) electrons. The Hall–Kier alpha value is -2.65. The van der Waals surface area contributed by atoms with Gasteiger partial charge in [-0.3, -0.25) is 14.2 Å². The molecule has 8 nitrogen and oxygen atoms in total. The van der Waals surface area contributed by atoms with E-state index in [2.05, 4.69) is 14.3 Å². The molecule has 3 heterocycles. The van der Waals surface area contributed by atoms with Crippen LogP contribution in [0.3, 0.4) is 0 Å². The van der Waals surface area contributed by atoms with Gasteiger partial charge in [0, 0.05) is 32.7 Å². The number of rotatable bonds is 3. The van der Waals surface area contributed by atoms with Gasteiger partial charge in [0.2, 0.25) is 0 Å². The summed E-state index contributed by atoms with van der Waals surface area (Å²) in [6.45, 7) is 4.27. The van der Waals surface area contributed by atoms with Crippen molar-refractivity contribution in [3.05, 3.63) is 55.0 Å². The van der Waals surface area contributed by atoms with Gasteiger partial charge in [-0.15, -0.1) is 0 Å². The third kappa shape index (κ3) is 3.10. The van der Waals surface area contributed by atoms with Gasteiger partial charge in [-0.25, -0.2) is 4.79 Å². The van der Waals surface area contributed by atoms with Crippen LogP contribution in [0.5, 0.6) is 0 Å². The molecule has 1 aliphatic rings. The smallest absolute Gasteiger partial charge is 0.328 e. The van der Waals surface area contributed by atoms with Gasteiger partial charge in [0.25, 0.3) is 11.5 Å². The molecule has 0 aliphatic carbocycles. The molecule has 1 N–H and O–H groups in total. The second-order valence-electron chi connectivity index (χ2n) is 6.45. The van der Waals surface area contributed by atoms with Crippen molar-refractivity contribution in [1.29, 1.82) is 0 Å². The molecule has 3 aromatic rings. The molecule has 0 bridgehead atoms. The van der Waals surface area contributed by atoms with Crippen LogP contribution in [-0.4, -0.2) is 50.9 Å². The van der Waals surface area contributed by atoms with Gasteiger partial charge in [0.15, 0.2) is 5.52 Å². The van der Waals surface area contributed by atoms with Crippen LogP contribution in [0.2, 0.25) is 5.02 Å². The first-order valence-corrected chi connectivity index (χ1v) is 10.1. The summed E-state index contributed by atoms with van der Waals surface area (Å²) in [5.74, 6) is -0.226. The second-order valence-corrected chi connectivity index (χ2v) is 7.63. The number of nitrogens with zero attached hydrogens (tertiary/aromatic N) is 4. The lowest BCUT2D eigenvalue weighted by Crippen LogP contribution is -2.48. The van der Waals surface area contributed by atoms with Crippen LogP contribution < -0.4 is 16.1 Å². The van der Waals surface area contributed by atoms with Crippen molar-refractivity contribution >= 4 is 45.8 Å². The van der Waals surface area contributed by atoms with Crippen molar-refractivity contribution in [1.82, 2.24) is 18.8 Å². The fourth-order valence-corrected chi connectivity index (χ4v) is 4.44. The predicted octanol–water partition coefficient (Wildman–Crippen LogP) is 1.78. The number of aromatic amines is 1. The number of nitrogens with one attached hydrogen (secondary N) is 1. The summed E-state index contributed by atoms with van der Waals surface area (Å²) in [4.78, 5) is 44.2. The van der Waals surface area contributed by atoms with E-state index in [4.69, 9.17) is 11.6 Å². The third-order valence-corrected chi connectivity index (χ3v) is 6.04. The highest BCUT2D eigenvalue weighted by Gasteiger charge is 2.27. The van der Waals surface area contributed by atoms with Gasteiger partial charge in [0.1, 0.15) is 4.88 Å². The fraction of sp³-hybridized carbons (Fsp3) is 0.333. The number of hydrogen-bond acceptors (Lipinski definition) is 6. The molecule has 1 fully saturated rings. The number of H-pyrrole nitrogens is 1. The van der Waals surface area contributed by atoms with E-state index in [0.717, 1.165) is 21.8 Å². The Labute approximate surface area is 169 Å². The zero-order valence-corrected chi connectivity index (χ0v) is 16.7. The van der Waals surface area contributed by atoms with Crippen molar-refractivity contribution in [2.45, 2.75) is 13.5 Å². The Morgan fingerprint density at radius 3 is 2.61 bits per heavy atom. The minimum absolute atomic E-state index is 0.129. The average Bonchev–Trinajstić information content (AvgIpc) is 3.12. The summed E-state index contributed by atoms with van der Waals surface area (Å²) in [5, 5.41) is 0.681. The van der Waals surface area contributed by atoms with E-state index in [1.165, 1.54) is 0 Å². The lowest BCUT2D eigenvalue weighted by atomic mass is 10.2. The van der Waals surface area contributed by atoms with Crippen LogP contribution in [0.4, 0.5) is 5.69 Å². The van der Waals surface area contributed by atoms with Gasteiger partial charge in [-0.05, 0) is 30.6 Å². The van der Waals surface area contributed by atoms with E-state index in [1.807, 2.05) is 24.3 Å². The van der Waals surface area contributed by atoms with Gasteiger partial charge in [0.05, 0.1) is 16.2 Å². The topological polar surface area (TPSA) is 91.3 Å². The van der Waals surface area contributed by atoms with Crippen molar-refractivity contribution in [3.8, 4) is 0 Å². The van der Waals surface area contributed by atoms with E-state index in [1.54, 1.807) is 11.8 Å². The highest BCUT2D eigenvalue weighted by atomic mass is 35.5. The summed E-state index contributed by atoms with van der Waals surface area (Å²) in [7, 11) is 0. The van der Waals surface area contributed by atoms with Gasteiger partial charge in [-0.2, -0.15) is 4.37 Å². The Kier molecular flexibility index (Phi) is 4.94. The van der Waals surface area contributed by atoms with Gasteiger partial charge >= 0.3 is 5.69 Å². The number of piperazine rings is 1. The molecule has 10 heteroatoms. The van der Waals surface area contributed by atoms with Crippen LogP contribution in [0.25, 0.3) is 11.0 Å². The van der Waals surface area contributed by atoms with Crippen LogP contribution in [0.1, 0.15) is 16.6 Å². The summed E-state index contributed by atoms with van der Waals surface area (Å²) >= 11 is 7.21. The highest BCUT2D eigenvalue weighted by Crippen LogP contribution is 2.27. The molecule has 1 aliphatic heterocycles. The van der Waals surface area contributed by atoms with Crippen LogP contribution in [0, 0.1) is 0 Å². The SMILES string of the molecule is CCn1c(=O)[nH]c2c(C(=O)N3CCN(c4ccccc4Cl)CC3)snc2c1=O. The first kappa shape index (κ1) is 18.7. The maximum absolute atomic E-state index is 13.0. The Bertz CT molecular complexity index is 1160. The quantitative estimate of drug-likeness (QED) is 0.698. The summed E-state index contributed by atoms with van der Waals surface area (Å²) in [5.41, 5.74) is 0.301. The molecule has 4 rings (SSSR count). The lowest BCUT2D eigenvalue weighted by Gasteiger charge is -2.36. The number of amides is 1. The Morgan fingerprint density at radius 2 is 1.93 bits per heavy atom. The minimum Gasteiger partial charge on any atom is -0.367 e. The van der Waals surface area contributed by atoms with Crippen molar-refractivity contribution in [2.24, 2.45) is 0 Å². The summed E-state index contributed by atoms with van der Waals surface area (Å²) in [6.07, 6.45) is 0. The van der Waals surface area contributed by atoms with Crippen LogP contribution >= 0.6 is 23.1 Å². The van der Waals surface area contributed by atoms with E-state index in [0.29, 0.717) is 36.1 Å². The third-order valence-electron chi connectivity index (χ3n) is 4.89. The number of fused-ring (bicyclic) bond motifs is 1. The number of aromatic nitrogens is 3. The van der Waals surface area contributed by atoms with Gasteiger partial charge in [-0.1, -0.05) is 23.7 Å². The standard InChI is InChI=1S/C18H18ClN5O3S/c1-2-24-16(25)14-13(20-18(24)27)15(28-21-14)17(26)23-9-7-22(8-10-23)12-6-4-3-5-11(12)19/h3-6H,2,7-10H2,1H3,(H,20,27). The normalized spacial score (nSPS) is 14.6. The number of carbonyl (C=O) groups is 1. The molecule has 28 heavy (non-hydrogen) atoms. The number of para-hydroxylation sites is 1. The second kappa shape index (κ2) is 7.40. The maximum atomic E-state index is 13.0. The Balaban J connectivity index is 1.57. The van der Waals surface area contributed by atoms with Crippen molar-refractivity contribution in [2.75, 3.05) is 31.1 Å². The number of anilines is 1. The molecule has 0 saturated carbocycles. The van der Waals surface area contributed by atoms with Crippen molar-refractivity contribution < 1.29 is 4.79 Å². The number of halogens is 1. The van der Waals surface area contributed by atoms with E-state index in [9.17, 15) is 14.4 Å². The maximum Gasteiger partial charge on any atom is 0.328 e. The summed E-state index contributed by atoms with van der Waals surface area (Å²) in [6, 6.07) is 7.62. The lowest BCUT2D eigenvalue weighted by molar-refractivity contribution is 0.0753. The number of carbonyl (C=O) groups excluding carboxylic acids is 1. The molecule has 0 atom stereocenters. The number of benzene rings is 1. The molecule has 1 aromatic carbocycles. The predicted molar refractivity (Wildman–Crippen MR) is 110 cm³/mol. The van der Waals surface area contributed by atoms with Crippen molar-refractivity contribution in [3.63, 3.8) is 0 Å². The monoisotopic (exact) mass is 419 g/mol. The Morgan fingerprint density at radius 1 is 1.21 bits per heavy atom. The molecule has 1 saturated heterocycles. The zero-order valence-electron chi connectivity index (χ0n) is 15.1. The molecule has 146 valence electrons. The molecule has 0 unspecified atom stereocenters. The van der Waals surface area contributed by atoms with Crippen LogP contribution in [0.15, 0.2) is 33.9 Å². The molecular weight excluding hydrogens is 402 g/mol. The zero-order chi connectivity index (χ0) is 19.8.